The van der Waals surface area contributed by atoms with Crippen LogP contribution in [0.3, 0.4) is 0 Å². The summed E-state index contributed by atoms with van der Waals surface area (Å²) in [6.07, 6.45) is 0. The van der Waals surface area contributed by atoms with Gasteiger partial charge >= 0.3 is 0 Å². The van der Waals surface area contributed by atoms with Gasteiger partial charge in [-0.05, 0) is 36.8 Å². The summed E-state index contributed by atoms with van der Waals surface area (Å²) in [5.74, 6) is -0.0728. The third kappa shape index (κ3) is 4.50. The van der Waals surface area contributed by atoms with E-state index in [-0.39, 0.29) is 11.3 Å². The number of halogens is 1. The van der Waals surface area contributed by atoms with Gasteiger partial charge in [0.05, 0.1) is 5.38 Å². The van der Waals surface area contributed by atoms with Gasteiger partial charge in [-0.25, -0.2) is 0 Å². The molecule has 1 N–H and O–H groups in total. The number of benzene rings is 2. The number of carbonyl (C=O) groups is 1. The van der Waals surface area contributed by atoms with E-state index >= 15 is 0 Å². The zero-order valence-electron chi connectivity index (χ0n) is 12.9. The first-order valence-corrected chi connectivity index (χ1v) is 7.85. The van der Waals surface area contributed by atoms with Gasteiger partial charge in [0.25, 0.3) is 0 Å². The summed E-state index contributed by atoms with van der Waals surface area (Å²) in [6, 6.07) is 17.9. The summed E-state index contributed by atoms with van der Waals surface area (Å²) in [4.78, 5) is 13.3. The molecule has 0 aromatic heterocycles. The standard InChI is InChI=1S/C18H21ClN2O/c1-3-21(17-7-5-4-6-8-17)13-18(19)15-9-11-16(12-10-15)20-14(2)22/h4-12,18H,3,13H2,1-2H3,(H,20,22). The Kier molecular flexibility index (Phi) is 5.84. The molecule has 0 aliphatic carbocycles. The summed E-state index contributed by atoms with van der Waals surface area (Å²) in [5.41, 5.74) is 3.01. The summed E-state index contributed by atoms with van der Waals surface area (Å²) < 4.78 is 0. The molecule has 0 spiro atoms. The molecule has 0 aliphatic heterocycles. The number of likely N-dealkylation sites (N-methyl/N-ethyl adjacent to an activating group) is 1. The molecule has 22 heavy (non-hydrogen) atoms. The number of rotatable bonds is 6. The number of nitrogens with one attached hydrogen (secondary N) is 1. The molecule has 1 atom stereocenters. The summed E-state index contributed by atoms with van der Waals surface area (Å²) in [5, 5.41) is 2.65. The molecule has 2 rings (SSSR count). The molecule has 116 valence electrons. The first kappa shape index (κ1) is 16.4. The maximum Gasteiger partial charge on any atom is 0.221 e. The Labute approximate surface area is 136 Å². The molecule has 1 unspecified atom stereocenters. The highest BCUT2D eigenvalue weighted by Gasteiger charge is 2.13. The lowest BCUT2D eigenvalue weighted by Crippen LogP contribution is -2.26. The van der Waals surface area contributed by atoms with Crippen LogP contribution in [0.15, 0.2) is 54.6 Å². The van der Waals surface area contributed by atoms with E-state index in [0.717, 1.165) is 24.3 Å². The molecule has 0 heterocycles. The number of anilines is 2. The van der Waals surface area contributed by atoms with Crippen molar-refractivity contribution in [3.63, 3.8) is 0 Å². The summed E-state index contributed by atoms with van der Waals surface area (Å²) >= 11 is 6.56. The summed E-state index contributed by atoms with van der Waals surface area (Å²) in [6.45, 7) is 5.26. The number of amides is 1. The van der Waals surface area contributed by atoms with Crippen LogP contribution in [0.25, 0.3) is 0 Å². The van der Waals surface area contributed by atoms with Gasteiger partial charge in [-0.2, -0.15) is 0 Å². The molecule has 3 nitrogen and oxygen atoms in total. The fourth-order valence-electron chi connectivity index (χ4n) is 2.33. The van der Waals surface area contributed by atoms with Crippen LogP contribution in [-0.4, -0.2) is 19.0 Å². The molecular weight excluding hydrogens is 296 g/mol. The van der Waals surface area contributed by atoms with Crippen molar-refractivity contribution in [2.75, 3.05) is 23.3 Å². The Morgan fingerprint density at radius 1 is 1.14 bits per heavy atom. The quantitative estimate of drug-likeness (QED) is 0.798. The van der Waals surface area contributed by atoms with Gasteiger partial charge in [0.15, 0.2) is 0 Å². The fourth-order valence-corrected chi connectivity index (χ4v) is 2.65. The first-order valence-electron chi connectivity index (χ1n) is 7.41. The van der Waals surface area contributed by atoms with E-state index in [1.807, 2.05) is 42.5 Å². The van der Waals surface area contributed by atoms with Gasteiger partial charge in [0.2, 0.25) is 5.91 Å². The number of para-hydroxylation sites is 1. The summed E-state index contributed by atoms with van der Waals surface area (Å²) in [7, 11) is 0. The van der Waals surface area contributed by atoms with Gasteiger partial charge in [-0.15, -0.1) is 11.6 Å². The SMILES string of the molecule is CCN(CC(Cl)c1ccc(NC(C)=O)cc1)c1ccccc1. The number of alkyl halides is 1. The fraction of sp³-hybridized carbons (Fsp3) is 0.278. The molecule has 0 saturated heterocycles. The molecule has 1 amide bonds. The van der Waals surface area contributed by atoms with Crippen LogP contribution < -0.4 is 10.2 Å². The maximum absolute atomic E-state index is 11.0. The first-order chi connectivity index (χ1) is 10.6. The lowest BCUT2D eigenvalue weighted by atomic mass is 10.1. The molecule has 2 aromatic rings. The Morgan fingerprint density at radius 2 is 1.77 bits per heavy atom. The van der Waals surface area contributed by atoms with Crippen molar-refractivity contribution in [3.8, 4) is 0 Å². The predicted octanol–water partition coefficient (Wildman–Crippen LogP) is 4.45. The maximum atomic E-state index is 11.0. The smallest absolute Gasteiger partial charge is 0.221 e. The van der Waals surface area contributed by atoms with Crippen LogP contribution in [0.5, 0.6) is 0 Å². The molecule has 0 radical (unpaired) electrons. The largest absolute Gasteiger partial charge is 0.370 e. The zero-order valence-corrected chi connectivity index (χ0v) is 13.7. The number of carbonyl (C=O) groups excluding carboxylic acids is 1. The van der Waals surface area contributed by atoms with Gasteiger partial charge in [0.1, 0.15) is 0 Å². The Bertz CT molecular complexity index is 598. The molecule has 0 fully saturated rings. The highest BCUT2D eigenvalue weighted by molar-refractivity contribution is 6.21. The molecule has 2 aromatic carbocycles. The van der Waals surface area contributed by atoms with Crippen molar-refractivity contribution >= 4 is 28.9 Å². The lowest BCUT2D eigenvalue weighted by molar-refractivity contribution is -0.114. The van der Waals surface area contributed by atoms with Crippen LogP contribution >= 0.6 is 11.6 Å². The second kappa shape index (κ2) is 7.85. The Morgan fingerprint density at radius 3 is 2.32 bits per heavy atom. The molecule has 0 bridgehead atoms. The van der Waals surface area contributed by atoms with Gasteiger partial charge < -0.3 is 10.2 Å². The van der Waals surface area contributed by atoms with E-state index in [0.29, 0.717) is 0 Å². The highest BCUT2D eigenvalue weighted by Crippen LogP contribution is 2.25. The van der Waals surface area contributed by atoms with E-state index < -0.39 is 0 Å². The highest BCUT2D eigenvalue weighted by atomic mass is 35.5. The molecular formula is C18H21ClN2O. The average Bonchev–Trinajstić information content (AvgIpc) is 2.53. The molecule has 0 saturated carbocycles. The predicted molar refractivity (Wildman–Crippen MR) is 93.7 cm³/mol. The number of hydrogen-bond acceptors (Lipinski definition) is 2. The van der Waals surface area contributed by atoms with E-state index in [4.69, 9.17) is 11.6 Å². The number of nitrogens with zero attached hydrogens (tertiary/aromatic N) is 1. The minimum atomic E-state index is -0.105. The Hall–Kier alpha value is -2.00. The van der Waals surface area contributed by atoms with E-state index in [2.05, 4.69) is 29.3 Å². The van der Waals surface area contributed by atoms with Gasteiger partial charge in [-0.1, -0.05) is 30.3 Å². The third-order valence-corrected chi connectivity index (χ3v) is 3.87. The Balaban J connectivity index is 2.04. The van der Waals surface area contributed by atoms with Crippen LogP contribution in [0.1, 0.15) is 24.8 Å². The van der Waals surface area contributed by atoms with Crippen molar-refractivity contribution in [3.05, 3.63) is 60.2 Å². The molecule has 0 aliphatic rings. The monoisotopic (exact) mass is 316 g/mol. The second-order valence-corrected chi connectivity index (χ2v) is 5.67. The van der Waals surface area contributed by atoms with E-state index in [9.17, 15) is 4.79 Å². The van der Waals surface area contributed by atoms with E-state index in [1.165, 1.54) is 12.6 Å². The van der Waals surface area contributed by atoms with Crippen molar-refractivity contribution in [2.45, 2.75) is 19.2 Å². The van der Waals surface area contributed by atoms with Crippen LogP contribution in [0, 0.1) is 0 Å². The van der Waals surface area contributed by atoms with Crippen LogP contribution in [-0.2, 0) is 4.79 Å². The minimum Gasteiger partial charge on any atom is -0.370 e. The van der Waals surface area contributed by atoms with Gasteiger partial charge in [-0.3, -0.25) is 4.79 Å². The van der Waals surface area contributed by atoms with Crippen LogP contribution in [0.4, 0.5) is 11.4 Å². The normalized spacial score (nSPS) is 11.8. The third-order valence-electron chi connectivity index (χ3n) is 3.48. The van der Waals surface area contributed by atoms with Crippen molar-refractivity contribution in [2.24, 2.45) is 0 Å². The van der Waals surface area contributed by atoms with Crippen molar-refractivity contribution < 1.29 is 4.79 Å². The average molecular weight is 317 g/mol. The van der Waals surface area contributed by atoms with E-state index in [1.54, 1.807) is 0 Å². The van der Waals surface area contributed by atoms with Crippen LogP contribution in [0.2, 0.25) is 0 Å². The minimum absolute atomic E-state index is 0.0728. The molecule has 4 heteroatoms. The topological polar surface area (TPSA) is 32.3 Å². The van der Waals surface area contributed by atoms with Gasteiger partial charge in [0, 0.05) is 31.4 Å². The van der Waals surface area contributed by atoms with Crippen molar-refractivity contribution in [1.82, 2.24) is 0 Å². The lowest BCUT2D eigenvalue weighted by Gasteiger charge is -2.26. The second-order valence-electron chi connectivity index (χ2n) is 5.14. The van der Waals surface area contributed by atoms with Crippen molar-refractivity contribution in [1.29, 1.82) is 0 Å². The zero-order chi connectivity index (χ0) is 15.9. The number of hydrogen-bond donors (Lipinski definition) is 1.